The molecule has 174 valence electrons. The van der Waals surface area contributed by atoms with Gasteiger partial charge in [-0.15, -0.1) is 0 Å². The molecule has 0 spiro atoms. The predicted octanol–water partition coefficient (Wildman–Crippen LogP) is 1.12. The van der Waals surface area contributed by atoms with E-state index in [4.69, 9.17) is 0 Å². The predicted molar refractivity (Wildman–Crippen MR) is 125 cm³/mol. The van der Waals surface area contributed by atoms with E-state index in [1.165, 1.54) is 12.1 Å². The number of hydrogen-bond acceptors (Lipinski definition) is 7. The lowest BCUT2D eigenvalue weighted by Crippen LogP contribution is -2.45. The fourth-order valence-electron chi connectivity index (χ4n) is 3.85. The lowest BCUT2D eigenvalue weighted by molar-refractivity contribution is -0.126. The summed E-state index contributed by atoms with van der Waals surface area (Å²) in [7, 11) is -2.16. The third-order valence-electron chi connectivity index (χ3n) is 5.80. The highest BCUT2D eigenvalue weighted by Gasteiger charge is 2.26. The van der Waals surface area contributed by atoms with Gasteiger partial charge in [0.15, 0.2) is 0 Å². The first kappa shape index (κ1) is 24.3. The largest absolute Gasteiger partial charge is 0.356 e. The molecule has 3 rings (SSSR count). The fourth-order valence-corrected chi connectivity index (χ4v) is 4.94. The summed E-state index contributed by atoms with van der Waals surface area (Å²) >= 11 is 0. The highest BCUT2D eigenvalue weighted by atomic mass is 32.2. The number of amides is 1. The molecule has 0 saturated carbocycles. The van der Waals surface area contributed by atoms with Crippen molar-refractivity contribution in [1.82, 2.24) is 20.9 Å². The molecule has 0 unspecified atom stereocenters. The number of hydrogen-bond donors (Lipinski definition) is 3. The van der Waals surface area contributed by atoms with Crippen LogP contribution < -0.4 is 16.0 Å². The van der Waals surface area contributed by atoms with Gasteiger partial charge in [0.1, 0.15) is 0 Å². The number of fused-ring (bicyclic) bond motifs is 1. The summed E-state index contributed by atoms with van der Waals surface area (Å²) < 4.78 is 25.3. The van der Waals surface area contributed by atoms with E-state index in [0.717, 1.165) is 49.7 Å². The van der Waals surface area contributed by atoms with Crippen LogP contribution in [0.4, 0.5) is 0 Å². The fraction of sp³-hybridized carbons (Fsp3) is 0.478. The molecule has 9 heteroatoms. The van der Waals surface area contributed by atoms with Crippen LogP contribution in [-0.4, -0.2) is 70.8 Å². The number of carbonyl (C=O) groups is 2. The summed E-state index contributed by atoms with van der Waals surface area (Å²) in [6, 6.07) is 12.2. The quantitative estimate of drug-likeness (QED) is 0.456. The van der Waals surface area contributed by atoms with E-state index in [1.807, 2.05) is 31.3 Å². The zero-order chi connectivity index (χ0) is 23.0. The normalized spacial score (nSPS) is 15.7. The molecule has 1 aliphatic heterocycles. The van der Waals surface area contributed by atoms with Gasteiger partial charge in [0.25, 0.3) is 5.12 Å². The van der Waals surface area contributed by atoms with Gasteiger partial charge in [0.05, 0.1) is 11.4 Å². The number of piperidine rings is 1. The molecule has 32 heavy (non-hydrogen) atoms. The van der Waals surface area contributed by atoms with Crippen LogP contribution in [0.2, 0.25) is 0 Å². The maximum absolute atomic E-state index is 12.7. The SMILES string of the molecule is CNCCCNC(=O)C1CCN(CNCC(=O)S(=O)(=O)c2ccc3ccccc3c2)CC1. The Bertz CT molecular complexity index is 1030. The second-order valence-corrected chi connectivity index (χ2v) is 10.0. The lowest BCUT2D eigenvalue weighted by Gasteiger charge is -2.31. The first-order valence-corrected chi connectivity index (χ1v) is 12.5. The van der Waals surface area contributed by atoms with Gasteiger partial charge in [0.2, 0.25) is 15.7 Å². The average Bonchev–Trinajstić information content (AvgIpc) is 2.81. The average molecular weight is 461 g/mol. The third-order valence-corrected chi connectivity index (χ3v) is 7.42. The van der Waals surface area contributed by atoms with Crippen LogP contribution >= 0.6 is 0 Å². The molecule has 8 nitrogen and oxygen atoms in total. The Labute approximate surface area is 189 Å². The van der Waals surface area contributed by atoms with Crippen LogP contribution in [0.15, 0.2) is 47.4 Å². The van der Waals surface area contributed by atoms with Crippen molar-refractivity contribution in [2.45, 2.75) is 24.2 Å². The van der Waals surface area contributed by atoms with Gasteiger partial charge in [-0.3, -0.25) is 19.8 Å². The number of nitrogens with one attached hydrogen (secondary N) is 3. The smallest absolute Gasteiger partial charge is 0.264 e. The molecule has 2 aromatic carbocycles. The molecule has 0 aromatic heterocycles. The highest BCUT2D eigenvalue weighted by Crippen LogP contribution is 2.20. The Morgan fingerprint density at radius 1 is 1.03 bits per heavy atom. The van der Waals surface area contributed by atoms with E-state index in [-0.39, 0.29) is 23.3 Å². The van der Waals surface area contributed by atoms with Gasteiger partial charge in [-0.2, -0.15) is 0 Å². The Balaban J connectivity index is 1.42. The van der Waals surface area contributed by atoms with E-state index in [9.17, 15) is 18.0 Å². The number of rotatable bonds is 10. The summed E-state index contributed by atoms with van der Waals surface area (Å²) in [5, 5.41) is 9.84. The van der Waals surface area contributed by atoms with Crippen molar-refractivity contribution in [2.75, 3.05) is 46.4 Å². The molecule has 1 amide bonds. The lowest BCUT2D eigenvalue weighted by atomic mass is 9.96. The minimum Gasteiger partial charge on any atom is -0.356 e. The van der Waals surface area contributed by atoms with Crippen LogP contribution in [0.25, 0.3) is 10.8 Å². The number of sulfone groups is 1. The number of nitrogens with zero attached hydrogens (tertiary/aromatic N) is 1. The van der Waals surface area contributed by atoms with Crippen LogP contribution in [0, 0.1) is 5.92 Å². The third kappa shape index (κ3) is 6.35. The highest BCUT2D eigenvalue weighted by molar-refractivity contribution is 8.06. The molecule has 1 aliphatic rings. The Morgan fingerprint density at radius 2 is 1.75 bits per heavy atom. The second kappa shape index (κ2) is 11.5. The van der Waals surface area contributed by atoms with E-state index in [0.29, 0.717) is 13.2 Å². The molecule has 1 heterocycles. The first-order valence-electron chi connectivity index (χ1n) is 11.0. The maximum atomic E-state index is 12.7. The van der Waals surface area contributed by atoms with Gasteiger partial charge in [-0.05, 0) is 55.8 Å². The van der Waals surface area contributed by atoms with Crippen molar-refractivity contribution in [1.29, 1.82) is 0 Å². The van der Waals surface area contributed by atoms with Gasteiger partial charge in [0, 0.05) is 32.2 Å². The monoisotopic (exact) mass is 460 g/mol. The topological polar surface area (TPSA) is 108 Å². The molecule has 0 aliphatic carbocycles. The maximum Gasteiger partial charge on any atom is 0.264 e. The minimum absolute atomic E-state index is 0.00995. The Hall–Kier alpha value is -2.33. The minimum atomic E-state index is -4.04. The van der Waals surface area contributed by atoms with Gasteiger partial charge >= 0.3 is 0 Å². The second-order valence-electron chi connectivity index (χ2n) is 8.11. The van der Waals surface area contributed by atoms with Crippen molar-refractivity contribution < 1.29 is 18.0 Å². The van der Waals surface area contributed by atoms with E-state index in [1.54, 1.807) is 6.07 Å². The Morgan fingerprint density at radius 3 is 2.47 bits per heavy atom. The van der Waals surface area contributed by atoms with Crippen LogP contribution in [0.5, 0.6) is 0 Å². The van der Waals surface area contributed by atoms with Crippen LogP contribution in [0.1, 0.15) is 19.3 Å². The summed E-state index contributed by atoms with van der Waals surface area (Å²) in [4.78, 5) is 26.7. The number of benzene rings is 2. The van der Waals surface area contributed by atoms with E-state index >= 15 is 0 Å². The zero-order valence-corrected chi connectivity index (χ0v) is 19.3. The van der Waals surface area contributed by atoms with Gasteiger partial charge in [-0.1, -0.05) is 30.3 Å². The number of likely N-dealkylation sites (tertiary alicyclic amines) is 1. The molecule has 0 bridgehead atoms. The molecule has 0 atom stereocenters. The molecule has 1 fully saturated rings. The molecule has 2 aromatic rings. The molecule has 1 saturated heterocycles. The number of carbonyl (C=O) groups excluding carboxylic acids is 2. The van der Waals surface area contributed by atoms with Crippen LogP contribution in [0.3, 0.4) is 0 Å². The Kier molecular flexibility index (Phi) is 8.75. The summed E-state index contributed by atoms with van der Waals surface area (Å²) in [6.07, 6.45) is 2.41. The summed E-state index contributed by atoms with van der Waals surface area (Å²) in [5.74, 6) is 0.112. The van der Waals surface area contributed by atoms with Crippen molar-refractivity contribution in [2.24, 2.45) is 5.92 Å². The van der Waals surface area contributed by atoms with Crippen molar-refractivity contribution in [3.05, 3.63) is 42.5 Å². The van der Waals surface area contributed by atoms with E-state index in [2.05, 4.69) is 20.9 Å². The standard InChI is InChI=1S/C23H32N4O4S/c1-24-11-4-12-26-23(29)19-9-13-27(14-10-19)17-25-16-22(28)32(30,31)21-8-7-18-5-2-3-6-20(18)15-21/h2-3,5-8,15,19,24-25H,4,9-14,16-17H2,1H3,(H,26,29). The first-order chi connectivity index (χ1) is 15.4. The van der Waals surface area contributed by atoms with Crippen molar-refractivity contribution >= 4 is 31.6 Å². The molecule has 3 N–H and O–H groups in total. The van der Waals surface area contributed by atoms with Crippen molar-refractivity contribution in [3.63, 3.8) is 0 Å². The summed E-state index contributed by atoms with van der Waals surface area (Å²) in [5.41, 5.74) is 0. The van der Waals surface area contributed by atoms with Crippen LogP contribution in [-0.2, 0) is 19.4 Å². The van der Waals surface area contributed by atoms with Crippen molar-refractivity contribution in [3.8, 4) is 0 Å². The molecular formula is C23H32N4O4S. The summed E-state index contributed by atoms with van der Waals surface area (Å²) in [6.45, 7) is 3.17. The van der Waals surface area contributed by atoms with E-state index < -0.39 is 15.0 Å². The molecule has 0 radical (unpaired) electrons. The van der Waals surface area contributed by atoms with Gasteiger partial charge < -0.3 is 10.6 Å². The zero-order valence-electron chi connectivity index (χ0n) is 18.5. The van der Waals surface area contributed by atoms with Gasteiger partial charge in [-0.25, -0.2) is 8.42 Å². The molecular weight excluding hydrogens is 428 g/mol.